The summed E-state index contributed by atoms with van der Waals surface area (Å²) in [4.78, 5) is 2.46. The fraction of sp³-hybridized carbons (Fsp3) is 0. The van der Waals surface area contributed by atoms with Crippen LogP contribution >= 0.6 is 11.3 Å². The third-order valence-electron chi connectivity index (χ3n) is 12.0. The van der Waals surface area contributed by atoms with Crippen LogP contribution in [0.3, 0.4) is 0 Å². The highest BCUT2D eigenvalue weighted by molar-refractivity contribution is 7.26. The molecule has 0 atom stereocenters. The summed E-state index contributed by atoms with van der Waals surface area (Å²) in [6.07, 6.45) is 0. The molecule has 0 spiro atoms. The Bertz CT molecular complexity index is 3580. The van der Waals surface area contributed by atoms with E-state index in [1.807, 2.05) is 11.3 Å². The summed E-state index contributed by atoms with van der Waals surface area (Å²) < 4.78 is 2.62. The van der Waals surface area contributed by atoms with Gasteiger partial charge in [-0.25, -0.2) is 0 Å². The van der Waals surface area contributed by atoms with E-state index in [2.05, 4.69) is 217 Å². The van der Waals surface area contributed by atoms with Crippen LogP contribution in [0, 0.1) is 0 Å². The average molecular weight is 754 g/mol. The second kappa shape index (κ2) is 13.2. The number of nitrogens with zero attached hydrogens (tertiary/aromatic N) is 1. The Kier molecular flexibility index (Phi) is 7.47. The number of rotatable bonds is 5. The van der Waals surface area contributed by atoms with Gasteiger partial charge in [-0.1, -0.05) is 164 Å². The molecule has 270 valence electrons. The van der Waals surface area contributed by atoms with Crippen LogP contribution in [-0.2, 0) is 0 Å². The zero-order valence-electron chi connectivity index (χ0n) is 31.6. The van der Waals surface area contributed by atoms with Crippen LogP contribution in [0.5, 0.6) is 0 Å². The van der Waals surface area contributed by atoms with Crippen LogP contribution < -0.4 is 4.90 Å². The molecule has 0 aliphatic heterocycles. The normalized spacial score (nSPS) is 11.8. The lowest BCUT2D eigenvalue weighted by Gasteiger charge is -2.27. The van der Waals surface area contributed by atoms with Gasteiger partial charge in [0, 0.05) is 37.2 Å². The van der Waals surface area contributed by atoms with E-state index in [1.54, 1.807) is 0 Å². The van der Waals surface area contributed by atoms with Crippen molar-refractivity contribution in [2.45, 2.75) is 0 Å². The monoisotopic (exact) mass is 753 g/mol. The third kappa shape index (κ3) is 5.30. The smallest absolute Gasteiger partial charge is 0.0476 e. The minimum atomic E-state index is 1.12. The maximum absolute atomic E-state index is 2.46. The van der Waals surface area contributed by atoms with Gasteiger partial charge in [0.15, 0.2) is 0 Å². The molecule has 0 bridgehead atoms. The van der Waals surface area contributed by atoms with E-state index in [1.165, 1.54) is 96.3 Å². The molecule has 1 heterocycles. The maximum atomic E-state index is 2.46. The number of fused-ring (bicyclic) bond motifs is 10. The predicted octanol–water partition coefficient (Wildman–Crippen LogP) is 16.6. The van der Waals surface area contributed by atoms with Gasteiger partial charge in [-0.2, -0.15) is 0 Å². The summed E-state index contributed by atoms with van der Waals surface area (Å²) in [5.41, 5.74) is 8.27. The summed E-state index contributed by atoms with van der Waals surface area (Å²) in [6.45, 7) is 0. The van der Waals surface area contributed by atoms with Gasteiger partial charge in [0.05, 0.1) is 0 Å². The summed E-state index contributed by atoms with van der Waals surface area (Å²) in [5.74, 6) is 0. The Morgan fingerprint density at radius 2 is 0.862 bits per heavy atom. The summed E-state index contributed by atoms with van der Waals surface area (Å²) in [6, 6.07) is 78.4. The van der Waals surface area contributed by atoms with Crippen molar-refractivity contribution >= 4 is 102 Å². The zero-order valence-corrected chi connectivity index (χ0v) is 32.4. The highest BCUT2D eigenvalue weighted by Crippen LogP contribution is 2.45. The molecule has 2 heteroatoms. The van der Waals surface area contributed by atoms with Crippen LogP contribution in [0.1, 0.15) is 0 Å². The molecule has 0 unspecified atom stereocenters. The topological polar surface area (TPSA) is 3.24 Å². The van der Waals surface area contributed by atoms with Gasteiger partial charge in [0.2, 0.25) is 0 Å². The van der Waals surface area contributed by atoms with Gasteiger partial charge in [-0.15, -0.1) is 11.3 Å². The fourth-order valence-corrected chi connectivity index (χ4v) is 10.5. The first-order valence-electron chi connectivity index (χ1n) is 19.9. The summed E-state index contributed by atoms with van der Waals surface area (Å²) >= 11 is 1.89. The molecule has 0 saturated heterocycles. The lowest BCUT2D eigenvalue weighted by Crippen LogP contribution is -2.10. The molecule has 1 nitrogen and oxygen atoms in total. The van der Waals surface area contributed by atoms with Crippen molar-refractivity contribution in [3.05, 3.63) is 212 Å². The largest absolute Gasteiger partial charge is 0.310 e. The minimum Gasteiger partial charge on any atom is -0.310 e. The molecule has 0 saturated carbocycles. The van der Waals surface area contributed by atoms with Gasteiger partial charge in [0.1, 0.15) is 0 Å². The van der Waals surface area contributed by atoms with Crippen molar-refractivity contribution in [2.75, 3.05) is 4.90 Å². The molecule has 0 radical (unpaired) electrons. The van der Waals surface area contributed by atoms with E-state index in [-0.39, 0.29) is 0 Å². The quantitative estimate of drug-likeness (QED) is 0.158. The van der Waals surface area contributed by atoms with E-state index in [0.29, 0.717) is 0 Å². The van der Waals surface area contributed by atoms with E-state index in [9.17, 15) is 0 Å². The van der Waals surface area contributed by atoms with Crippen LogP contribution in [0.15, 0.2) is 212 Å². The number of benzene rings is 11. The first kappa shape index (κ1) is 32.9. The van der Waals surface area contributed by atoms with Crippen LogP contribution in [0.25, 0.3) is 96.3 Å². The van der Waals surface area contributed by atoms with Crippen LogP contribution in [0.4, 0.5) is 17.1 Å². The molecule has 1 aromatic heterocycles. The standard InChI is InChI=1S/C56H35NS/c1-2-12-37(13-3-1)54-34-45(31-39-15-5-8-18-47(39)54)57(44-27-29-51-52-28-25-38-14-4-9-19-48(38)56(52)58-55(51)35-44)43-26-24-36-22-23-41(30-42(36)32-43)53-33-40-16-6-7-17-46(40)49-20-10-11-21-50(49)53/h1-35H. The molecule has 0 aliphatic rings. The fourth-order valence-electron chi connectivity index (χ4n) is 9.19. The van der Waals surface area contributed by atoms with E-state index in [4.69, 9.17) is 0 Å². The van der Waals surface area contributed by atoms with Gasteiger partial charge < -0.3 is 4.90 Å². The molecule has 0 N–H and O–H groups in total. The lowest BCUT2D eigenvalue weighted by molar-refractivity contribution is 1.30. The molecule has 58 heavy (non-hydrogen) atoms. The Morgan fingerprint density at radius 3 is 1.71 bits per heavy atom. The van der Waals surface area contributed by atoms with Gasteiger partial charge in [0.25, 0.3) is 0 Å². The average Bonchev–Trinajstić information content (AvgIpc) is 3.67. The molecule has 0 amide bonds. The second-order valence-electron chi connectivity index (χ2n) is 15.3. The molecule has 0 aliphatic carbocycles. The van der Waals surface area contributed by atoms with Crippen molar-refractivity contribution in [2.24, 2.45) is 0 Å². The van der Waals surface area contributed by atoms with Gasteiger partial charge in [-0.3, -0.25) is 0 Å². The SMILES string of the molecule is c1ccc(-c2cc(N(c3ccc4ccc(-c5cc6ccccc6c6ccccc56)cc4c3)c3ccc4c(c3)sc3c5ccccc5ccc43)cc3ccccc23)cc1. The van der Waals surface area contributed by atoms with Crippen molar-refractivity contribution < 1.29 is 0 Å². The first-order chi connectivity index (χ1) is 28.7. The van der Waals surface area contributed by atoms with E-state index in [0.717, 1.165) is 17.1 Å². The summed E-state index contributed by atoms with van der Waals surface area (Å²) in [7, 11) is 0. The molecule has 11 aromatic carbocycles. The highest BCUT2D eigenvalue weighted by atomic mass is 32.1. The van der Waals surface area contributed by atoms with E-state index >= 15 is 0 Å². The Hall–Kier alpha value is -7.26. The van der Waals surface area contributed by atoms with Crippen LogP contribution in [-0.4, -0.2) is 0 Å². The summed E-state index contributed by atoms with van der Waals surface area (Å²) in [5, 5.41) is 15.2. The molecule has 12 rings (SSSR count). The molecular formula is C56H35NS. The Morgan fingerprint density at radius 1 is 0.276 bits per heavy atom. The zero-order chi connectivity index (χ0) is 38.2. The number of anilines is 3. The van der Waals surface area contributed by atoms with Crippen LogP contribution in [0.2, 0.25) is 0 Å². The molecule has 0 fully saturated rings. The second-order valence-corrected chi connectivity index (χ2v) is 16.4. The maximum Gasteiger partial charge on any atom is 0.0476 e. The van der Waals surface area contributed by atoms with E-state index < -0.39 is 0 Å². The Balaban J connectivity index is 1.09. The highest BCUT2D eigenvalue weighted by Gasteiger charge is 2.19. The Labute approximate surface area is 340 Å². The third-order valence-corrected chi connectivity index (χ3v) is 13.2. The van der Waals surface area contributed by atoms with Gasteiger partial charge in [-0.05, 0) is 125 Å². The van der Waals surface area contributed by atoms with Crippen molar-refractivity contribution in [1.29, 1.82) is 0 Å². The van der Waals surface area contributed by atoms with Crippen molar-refractivity contribution in [1.82, 2.24) is 0 Å². The van der Waals surface area contributed by atoms with Gasteiger partial charge >= 0.3 is 0 Å². The first-order valence-corrected chi connectivity index (χ1v) is 20.7. The number of thiophene rings is 1. The molecule has 12 aromatic rings. The van der Waals surface area contributed by atoms with Crippen molar-refractivity contribution in [3.63, 3.8) is 0 Å². The number of hydrogen-bond acceptors (Lipinski definition) is 2. The minimum absolute atomic E-state index is 1.12. The lowest BCUT2D eigenvalue weighted by atomic mass is 9.92. The number of hydrogen-bond donors (Lipinski definition) is 0. The molecular weight excluding hydrogens is 719 g/mol. The predicted molar refractivity (Wildman–Crippen MR) is 252 cm³/mol. The van der Waals surface area contributed by atoms with Crippen molar-refractivity contribution in [3.8, 4) is 22.3 Å².